The van der Waals surface area contributed by atoms with Gasteiger partial charge in [0.05, 0.1) is 18.0 Å². The summed E-state index contributed by atoms with van der Waals surface area (Å²) in [7, 11) is 0. The number of unbranched alkanes of at least 4 members (excludes halogenated alkanes) is 5. The van der Waals surface area contributed by atoms with Crippen LogP contribution < -0.4 is 5.43 Å². The fraction of sp³-hybridized carbons (Fsp3) is 0.519. The number of hydrogen-bond acceptors (Lipinski definition) is 6. The lowest BCUT2D eigenvalue weighted by Crippen LogP contribution is -2.15. The van der Waals surface area contributed by atoms with Crippen molar-refractivity contribution in [1.82, 2.24) is 0 Å². The lowest BCUT2D eigenvalue weighted by Gasteiger charge is -2.23. The van der Waals surface area contributed by atoms with Gasteiger partial charge in [-0.15, -0.1) is 0 Å². The Morgan fingerprint density at radius 3 is 2.48 bits per heavy atom. The van der Waals surface area contributed by atoms with Crippen LogP contribution in [0.25, 0.3) is 0 Å². The van der Waals surface area contributed by atoms with Gasteiger partial charge in [-0.25, -0.2) is 0 Å². The predicted molar refractivity (Wildman–Crippen MR) is 137 cm³/mol. The maximum atomic E-state index is 12.2. The van der Waals surface area contributed by atoms with Crippen LogP contribution in [0.4, 0.5) is 5.69 Å². The van der Waals surface area contributed by atoms with Gasteiger partial charge < -0.3 is 9.84 Å². The van der Waals surface area contributed by atoms with Crippen LogP contribution in [0, 0.1) is 5.41 Å². The van der Waals surface area contributed by atoms with E-state index in [9.17, 15) is 9.90 Å². The molecule has 3 N–H and O–H groups in total. The molecule has 0 unspecified atom stereocenters. The summed E-state index contributed by atoms with van der Waals surface area (Å²) in [5, 5.41) is 23.1. The van der Waals surface area contributed by atoms with Crippen molar-refractivity contribution in [2.45, 2.75) is 84.5 Å². The summed E-state index contributed by atoms with van der Waals surface area (Å²) < 4.78 is 5.40. The molecule has 0 saturated carbocycles. The fourth-order valence-electron chi connectivity index (χ4n) is 3.57. The number of rotatable bonds is 12. The molecule has 33 heavy (non-hydrogen) atoms. The second kappa shape index (κ2) is 13.0. The summed E-state index contributed by atoms with van der Waals surface area (Å²) in [6, 6.07) is 3.75. The number of phenolic OH excluding ortho intramolecular Hbond substituents is 1. The molecule has 0 heterocycles. The van der Waals surface area contributed by atoms with Crippen molar-refractivity contribution in [2.75, 3.05) is 12.0 Å². The summed E-state index contributed by atoms with van der Waals surface area (Å²) in [6.07, 6.45) is 14.7. The first-order valence-corrected chi connectivity index (χ1v) is 12.0. The first kappa shape index (κ1) is 26.4. The van der Waals surface area contributed by atoms with Crippen molar-refractivity contribution in [2.24, 2.45) is 5.10 Å². The Hall–Kier alpha value is -2.89. The van der Waals surface area contributed by atoms with Gasteiger partial charge in [0.25, 0.3) is 0 Å². The molecule has 0 bridgehead atoms. The van der Waals surface area contributed by atoms with E-state index < -0.39 is 0 Å². The van der Waals surface area contributed by atoms with Crippen molar-refractivity contribution in [3.63, 3.8) is 0 Å². The van der Waals surface area contributed by atoms with Crippen LogP contribution in [0.3, 0.4) is 0 Å². The zero-order valence-electron chi connectivity index (χ0n) is 20.5. The Bertz CT molecular complexity index is 908. The van der Waals surface area contributed by atoms with Crippen molar-refractivity contribution in [1.29, 1.82) is 5.41 Å². The minimum Gasteiger partial charge on any atom is -0.505 e. The zero-order valence-corrected chi connectivity index (χ0v) is 20.5. The molecule has 0 atom stereocenters. The summed E-state index contributed by atoms with van der Waals surface area (Å²) in [6.45, 7) is 8.76. The molecule has 0 spiro atoms. The molecule has 1 aromatic carbocycles. The van der Waals surface area contributed by atoms with E-state index in [0.717, 1.165) is 24.0 Å². The number of nitrogens with one attached hydrogen (secondary N) is 2. The molecule has 180 valence electrons. The summed E-state index contributed by atoms with van der Waals surface area (Å²) in [5.74, 6) is -0.0700. The average Bonchev–Trinajstić information content (AvgIpc) is 2.77. The van der Waals surface area contributed by atoms with Crippen LogP contribution in [0.2, 0.25) is 0 Å². The molecule has 6 nitrogen and oxygen atoms in total. The molecule has 1 aromatic rings. The highest BCUT2D eigenvalue weighted by atomic mass is 16.5. The maximum Gasteiger partial charge on any atom is 0.306 e. The van der Waals surface area contributed by atoms with Gasteiger partial charge >= 0.3 is 5.97 Å². The number of phenols is 1. The van der Waals surface area contributed by atoms with Gasteiger partial charge in [-0.2, -0.15) is 5.10 Å². The van der Waals surface area contributed by atoms with Gasteiger partial charge in [0.1, 0.15) is 11.5 Å². The van der Waals surface area contributed by atoms with E-state index >= 15 is 0 Å². The standard InChI is InChI=1S/C27H39N3O3/c1-5-6-7-8-9-12-17-33-25(31)16-15-20-18-21(27(2,3)4)26(32)24(19-20)30-29-23-14-11-10-13-22(23)28/h10-11,13-14,18-19,28,30,32H,5-9,12,15-17H2,1-4H3/b28-22?,29-23-. The van der Waals surface area contributed by atoms with E-state index in [-0.39, 0.29) is 23.6 Å². The highest BCUT2D eigenvalue weighted by Gasteiger charge is 2.22. The SMILES string of the molecule is CCCCCCCCOC(=O)CCc1cc(N/N=C2/C=CC=CC2=N)c(O)c(C(C)(C)C)c1. The lowest BCUT2D eigenvalue weighted by molar-refractivity contribution is -0.143. The smallest absolute Gasteiger partial charge is 0.306 e. The highest BCUT2D eigenvalue weighted by Crippen LogP contribution is 2.37. The van der Waals surface area contributed by atoms with Crippen molar-refractivity contribution < 1.29 is 14.6 Å². The molecular weight excluding hydrogens is 414 g/mol. The first-order valence-electron chi connectivity index (χ1n) is 12.0. The number of carbonyl (C=O) groups is 1. The summed E-state index contributed by atoms with van der Waals surface area (Å²) in [4.78, 5) is 12.2. The van der Waals surface area contributed by atoms with Gasteiger partial charge in [0.2, 0.25) is 0 Å². The minimum absolute atomic E-state index is 0.128. The molecular formula is C27H39N3O3. The maximum absolute atomic E-state index is 12.2. The molecule has 1 aliphatic rings. The zero-order chi connectivity index (χ0) is 24.3. The Morgan fingerprint density at radius 2 is 1.79 bits per heavy atom. The number of esters is 1. The molecule has 2 rings (SSSR count). The number of aromatic hydroxyl groups is 1. The van der Waals surface area contributed by atoms with Crippen molar-refractivity contribution >= 4 is 23.1 Å². The third-order valence-corrected chi connectivity index (χ3v) is 5.56. The van der Waals surface area contributed by atoms with Gasteiger partial charge in [-0.05, 0) is 42.0 Å². The van der Waals surface area contributed by atoms with Crippen LogP contribution in [-0.2, 0) is 21.4 Å². The Balaban J connectivity index is 2.00. The predicted octanol–water partition coefficient (Wildman–Crippen LogP) is 6.44. The molecule has 1 aliphatic carbocycles. The van der Waals surface area contributed by atoms with Gasteiger partial charge in [0.15, 0.2) is 0 Å². The third-order valence-electron chi connectivity index (χ3n) is 5.56. The van der Waals surface area contributed by atoms with Crippen molar-refractivity contribution in [3.8, 4) is 5.75 Å². The first-order chi connectivity index (χ1) is 15.7. The molecule has 0 radical (unpaired) electrons. The quantitative estimate of drug-likeness (QED) is 0.112. The molecule has 0 aromatic heterocycles. The molecule has 0 amide bonds. The second-order valence-corrected chi connectivity index (χ2v) is 9.52. The Labute approximate surface area is 198 Å². The largest absolute Gasteiger partial charge is 0.505 e. The van der Waals surface area contributed by atoms with Crippen molar-refractivity contribution in [3.05, 3.63) is 47.6 Å². The van der Waals surface area contributed by atoms with E-state index in [1.165, 1.54) is 25.7 Å². The number of aryl methyl sites for hydroxylation is 1. The topological polar surface area (TPSA) is 94.8 Å². The summed E-state index contributed by atoms with van der Waals surface area (Å²) in [5.41, 5.74) is 5.56. The average molecular weight is 454 g/mol. The molecule has 0 aliphatic heterocycles. The van der Waals surface area contributed by atoms with Gasteiger partial charge in [0, 0.05) is 12.0 Å². The third kappa shape index (κ3) is 8.87. The number of ether oxygens (including phenoxy) is 1. The van der Waals surface area contributed by atoms with Gasteiger partial charge in [-0.1, -0.05) is 78.0 Å². The molecule has 6 heteroatoms. The second-order valence-electron chi connectivity index (χ2n) is 9.52. The number of hydrazone groups is 1. The summed E-state index contributed by atoms with van der Waals surface area (Å²) >= 11 is 0. The highest BCUT2D eigenvalue weighted by molar-refractivity contribution is 6.50. The molecule has 0 fully saturated rings. The lowest BCUT2D eigenvalue weighted by atomic mass is 9.84. The monoisotopic (exact) mass is 453 g/mol. The van der Waals surface area contributed by atoms with E-state index in [1.807, 2.05) is 39.0 Å². The normalized spacial score (nSPS) is 14.7. The Kier molecular flexibility index (Phi) is 10.4. The number of allylic oxidation sites excluding steroid dienone is 4. The number of benzene rings is 1. The van der Waals surface area contributed by atoms with Crippen LogP contribution in [0.1, 0.15) is 83.8 Å². The van der Waals surface area contributed by atoms with Crippen LogP contribution in [-0.4, -0.2) is 29.1 Å². The number of anilines is 1. The van der Waals surface area contributed by atoms with Crippen LogP contribution in [0.15, 0.2) is 41.5 Å². The number of nitrogens with zero attached hydrogens (tertiary/aromatic N) is 1. The van der Waals surface area contributed by atoms with E-state index in [4.69, 9.17) is 10.1 Å². The fourth-order valence-corrected chi connectivity index (χ4v) is 3.57. The minimum atomic E-state index is -0.290. The number of hydrogen-bond donors (Lipinski definition) is 3. The molecule has 0 saturated heterocycles. The Morgan fingerprint density at radius 1 is 1.09 bits per heavy atom. The van der Waals surface area contributed by atoms with E-state index in [1.54, 1.807) is 18.2 Å². The van der Waals surface area contributed by atoms with Crippen LogP contribution >= 0.6 is 0 Å². The number of carbonyl (C=O) groups excluding carboxylic acids is 1. The van der Waals surface area contributed by atoms with Gasteiger partial charge in [-0.3, -0.25) is 15.6 Å². The van der Waals surface area contributed by atoms with E-state index in [0.29, 0.717) is 30.1 Å². The van der Waals surface area contributed by atoms with E-state index in [2.05, 4.69) is 17.5 Å². The van der Waals surface area contributed by atoms with Crippen LogP contribution in [0.5, 0.6) is 5.75 Å².